The number of ether oxygens (including phenoxy) is 1. The van der Waals surface area contributed by atoms with Crippen LogP contribution in [0.4, 0.5) is 17.3 Å². The van der Waals surface area contributed by atoms with Crippen LogP contribution in [-0.2, 0) is 4.74 Å². The topological polar surface area (TPSA) is 113 Å². The summed E-state index contributed by atoms with van der Waals surface area (Å²) in [7, 11) is 1.36. The van der Waals surface area contributed by atoms with Crippen LogP contribution in [0.1, 0.15) is 54.6 Å². The average Bonchev–Trinajstić information content (AvgIpc) is 2.97. The van der Waals surface area contributed by atoms with Gasteiger partial charge in [0.2, 0.25) is 0 Å². The fourth-order valence-corrected chi connectivity index (χ4v) is 3.14. The molecule has 1 saturated carbocycles. The third-order valence-corrected chi connectivity index (χ3v) is 4.55. The fourth-order valence-electron chi connectivity index (χ4n) is 3.14. The van der Waals surface area contributed by atoms with Crippen LogP contribution >= 0.6 is 0 Å². The van der Waals surface area contributed by atoms with Gasteiger partial charge in [0.25, 0.3) is 0 Å². The molecule has 1 aliphatic carbocycles. The highest BCUT2D eigenvalue weighted by molar-refractivity contribution is 5.95. The number of rotatable bonds is 5. The number of nitrogens with zero attached hydrogens (tertiary/aromatic N) is 4. The van der Waals surface area contributed by atoms with Crippen molar-refractivity contribution in [2.45, 2.75) is 44.6 Å². The van der Waals surface area contributed by atoms with Gasteiger partial charge in [0.15, 0.2) is 5.69 Å². The van der Waals surface area contributed by atoms with Crippen LogP contribution in [0, 0.1) is 11.3 Å². The SMILES string of the molecule is COC(=O)c1cnc(Nc2cnc(C#N)cn2)cc1NC1CCCCCC1. The molecule has 0 unspecified atom stereocenters. The Morgan fingerprint density at radius 3 is 2.48 bits per heavy atom. The number of pyridine rings is 1. The van der Waals surface area contributed by atoms with E-state index in [0.717, 1.165) is 12.8 Å². The second kappa shape index (κ2) is 8.94. The summed E-state index contributed by atoms with van der Waals surface area (Å²) in [6, 6.07) is 4.02. The van der Waals surface area contributed by atoms with Gasteiger partial charge in [0.1, 0.15) is 23.3 Å². The summed E-state index contributed by atoms with van der Waals surface area (Å²) >= 11 is 0. The lowest BCUT2D eigenvalue weighted by Gasteiger charge is -2.20. The smallest absolute Gasteiger partial charge is 0.341 e. The zero-order chi connectivity index (χ0) is 19.1. The first-order valence-corrected chi connectivity index (χ1v) is 9.03. The van der Waals surface area contributed by atoms with E-state index >= 15 is 0 Å². The van der Waals surface area contributed by atoms with Crippen LogP contribution in [0.25, 0.3) is 0 Å². The van der Waals surface area contributed by atoms with Gasteiger partial charge >= 0.3 is 5.97 Å². The number of hydrogen-bond acceptors (Lipinski definition) is 8. The first-order chi connectivity index (χ1) is 13.2. The van der Waals surface area contributed by atoms with Gasteiger partial charge in [-0.25, -0.2) is 19.7 Å². The number of esters is 1. The van der Waals surface area contributed by atoms with Crippen LogP contribution in [0.3, 0.4) is 0 Å². The number of methoxy groups -OCH3 is 1. The largest absolute Gasteiger partial charge is 0.465 e. The molecule has 0 spiro atoms. The Balaban J connectivity index is 1.82. The van der Waals surface area contributed by atoms with Crippen LogP contribution in [-0.4, -0.2) is 34.1 Å². The second-order valence-electron chi connectivity index (χ2n) is 6.46. The maximum Gasteiger partial charge on any atom is 0.341 e. The molecule has 1 aliphatic rings. The molecule has 2 aromatic rings. The predicted octanol–water partition coefficient (Wildman–Crippen LogP) is 3.41. The van der Waals surface area contributed by atoms with Crippen molar-refractivity contribution >= 4 is 23.3 Å². The Hall–Kier alpha value is -3.21. The summed E-state index contributed by atoms with van der Waals surface area (Å²) in [5, 5.41) is 15.3. The Kier molecular flexibility index (Phi) is 6.15. The van der Waals surface area contributed by atoms with Gasteiger partial charge in [-0.2, -0.15) is 5.26 Å². The number of anilines is 3. The van der Waals surface area contributed by atoms with E-state index in [1.807, 2.05) is 6.07 Å². The third kappa shape index (κ3) is 4.91. The second-order valence-corrected chi connectivity index (χ2v) is 6.46. The van der Waals surface area contributed by atoms with Crippen molar-refractivity contribution in [3.05, 3.63) is 35.9 Å². The Morgan fingerprint density at radius 2 is 1.85 bits per heavy atom. The van der Waals surface area contributed by atoms with Crippen LogP contribution in [0.5, 0.6) is 0 Å². The minimum absolute atomic E-state index is 0.241. The van der Waals surface area contributed by atoms with E-state index < -0.39 is 5.97 Å². The van der Waals surface area contributed by atoms with Crippen LogP contribution in [0.15, 0.2) is 24.7 Å². The van der Waals surface area contributed by atoms with Crippen molar-refractivity contribution in [3.63, 3.8) is 0 Å². The van der Waals surface area contributed by atoms with Gasteiger partial charge in [0.05, 0.1) is 25.2 Å². The van der Waals surface area contributed by atoms with Gasteiger partial charge in [-0.3, -0.25) is 0 Å². The first kappa shape index (κ1) is 18.6. The molecule has 0 bridgehead atoms. The number of hydrogen-bond donors (Lipinski definition) is 2. The van der Waals surface area contributed by atoms with Gasteiger partial charge in [-0.1, -0.05) is 25.7 Å². The Labute approximate surface area is 158 Å². The summed E-state index contributed by atoms with van der Waals surface area (Å²) in [5.74, 6) is 0.564. The lowest BCUT2D eigenvalue weighted by Crippen LogP contribution is -2.20. The molecule has 2 aromatic heterocycles. The summed E-state index contributed by atoms with van der Waals surface area (Å²) in [6.45, 7) is 0. The third-order valence-electron chi connectivity index (χ3n) is 4.55. The molecule has 2 heterocycles. The highest BCUT2D eigenvalue weighted by Gasteiger charge is 2.18. The van der Waals surface area contributed by atoms with E-state index in [4.69, 9.17) is 10.00 Å². The fraction of sp³-hybridized carbons (Fsp3) is 0.421. The van der Waals surface area contributed by atoms with Crippen molar-refractivity contribution in [3.8, 4) is 6.07 Å². The lowest BCUT2D eigenvalue weighted by atomic mass is 10.1. The van der Waals surface area contributed by atoms with E-state index in [-0.39, 0.29) is 5.69 Å². The molecule has 0 aliphatic heterocycles. The number of nitrogens with one attached hydrogen (secondary N) is 2. The van der Waals surface area contributed by atoms with Crippen molar-refractivity contribution in [1.29, 1.82) is 5.26 Å². The molecule has 2 N–H and O–H groups in total. The van der Waals surface area contributed by atoms with Gasteiger partial charge in [-0.15, -0.1) is 0 Å². The molecule has 8 nitrogen and oxygen atoms in total. The van der Waals surface area contributed by atoms with Crippen molar-refractivity contribution < 1.29 is 9.53 Å². The molecule has 0 amide bonds. The zero-order valence-electron chi connectivity index (χ0n) is 15.2. The van der Waals surface area contributed by atoms with Gasteiger partial charge in [-0.05, 0) is 12.8 Å². The van der Waals surface area contributed by atoms with E-state index in [0.29, 0.717) is 28.9 Å². The standard InChI is InChI=1S/C19H22N6O2/c1-27-19(26)15-11-23-17(25-18-12-21-14(9-20)10-22-18)8-16(15)24-13-6-4-2-3-5-7-13/h8,10-13H,2-7H2,1H3,(H2,22,23,24,25). The van der Waals surface area contributed by atoms with E-state index in [9.17, 15) is 4.79 Å². The maximum absolute atomic E-state index is 12.1. The summed E-state index contributed by atoms with van der Waals surface area (Å²) in [4.78, 5) is 24.5. The number of nitriles is 1. The lowest BCUT2D eigenvalue weighted by molar-refractivity contribution is 0.0601. The van der Waals surface area contributed by atoms with Crippen molar-refractivity contribution in [2.75, 3.05) is 17.7 Å². The Bertz CT molecular complexity index is 823. The molecular formula is C19H22N6O2. The van der Waals surface area contributed by atoms with E-state index in [1.165, 1.54) is 51.4 Å². The summed E-state index contributed by atoms with van der Waals surface area (Å²) < 4.78 is 4.88. The molecule has 0 saturated heterocycles. The van der Waals surface area contributed by atoms with E-state index in [2.05, 4.69) is 25.6 Å². The quantitative estimate of drug-likeness (QED) is 0.611. The monoisotopic (exact) mass is 366 g/mol. The highest BCUT2D eigenvalue weighted by atomic mass is 16.5. The molecule has 140 valence electrons. The number of carbonyl (C=O) groups is 1. The summed E-state index contributed by atoms with van der Waals surface area (Å²) in [6.07, 6.45) is 11.4. The molecular weight excluding hydrogens is 344 g/mol. The molecule has 3 rings (SSSR count). The Morgan fingerprint density at radius 1 is 1.11 bits per heavy atom. The average molecular weight is 366 g/mol. The molecule has 0 atom stereocenters. The van der Waals surface area contributed by atoms with Gasteiger partial charge < -0.3 is 15.4 Å². The molecule has 1 fully saturated rings. The normalized spacial score (nSPS) is 14.7. The molecule has 8 heteroatoms. The van der Waals surface area contributed by atoms with Crippen molar-refractivity contribution in [2.24, 2.45) is 0 Å². The van der Waals surface area contributed by atoms with Crippen LogP contribution in [0.2, 0.25) is 0 Å². The molecule has 27 heavy (non-hydrogen) atoms. The summed E-state index contributed by atoms with van der Waals surface area (Å²) in [5.41, 5.74) is 1.33. The zero-order valence-corrected chi connectivity index (χ0v) is 15.2. The highest BCUT2D eigenvalue weighted by Crippen LogP contribution is 2.26. The molecule has 0 radical (unpaired) electrons. The number of aromatic nitrogens is 3. The first-order valence-electron chi connectivity index (χ1n) is 9.03. The molecule has 0 aromatic carbocycles. The van der Waals surface area contributed by atoms with Crippen LogP contribution < -0.4 is 10.6 Å². The number of carbonyl (C=O) groups excluding carboxylic acids is 1. The van der Waals surface area contributed by atoms with Crippen molar-refractivity contribution in [1.82, 2.24) is 15.0 Å². The maximum atomic E-state index is 12.1. The predicted molar refractivity (Wildman–Crippen MR) is 101 cm³/mol. The van der Waals surface area contributed by atoms with E-state index in [1.54, 1.807) is 6.07 Å². The van der Waals surface area contributed by atoms with Gasteiger partial charge in [0, 0.05) is 18.3 Å². The minimum atomic E-state index is -0.427. The minimum Gasteiger partial charge on any atom is -0.465 e.